The van der Waals surface area contributed by atoms with Gasteiger partial charge in [-0.1, -0.05) is 15.9 Å². The third kappa shape index (κ3) is 2.85. The summed E-state index contributed by atoms with van der Waals surface area (Å²) in [6.07, 6.45) is 7.82. The van der Waals surface area contributed by atoms with E-state index in [0.29, 0.717) is 17.3 Å². The third-order valence-corrected chi connectivity index (χ3v) is 6.17. The molecule has 3 nitrogen and oxygen atoms in total. The van der Waals surface area contributed by atoms with Crippen LogP contribution in [0.1, 0.15) is 51.9 Å². The minimum absolute atomic E-state index is 0.124. The predicted octanol–water partition coefficient (Wildman–Crippen LogP) is 2.61. The zero-order valence-corrected chi connectivity index (χ0v) is 13.2. The smallest absolute Gasteiger partial charge is 0.220 e. The van der Waals surface area contributed by atoms with Gasteiger partial charge in [0.25, 0.3) is 0 Å². The van der Waals surface area contributed by atoms with E-state index >= 15 is 0 Å². The molecule has 3 unspecified atom stereocenters. The van der Waals surface area contributed by atoms with Gasteiger partial charge in [0.05, 0.1) is 6.10 Å². The Morgan fingerprint density at radius 2 is 2.00 bits per heavy atom. The molecule has 19 heavy (non-hydrogen) atoms. The Morgan fingerprint density at radius 1 is 1.37 bits per heavy atom. The third-order valence-electron chi connectivity index (χ3n) is 5.24. The van der Waals surface area contributed by atoms with Gasteiger partial charge in [0, 0.05) is 17.3 Å². The Kier molecular flexibility index (Phi) is 3.45. The largest absolute Gasteiger partial charge is 0.392 e. The normalized spacial score (nSPS) is 45.2. The van der Waals surface area contributed by atoms with Gasteiger partial charge >= 0.3 is 0 Å². The monoisotopic (exact) mass is 329 g/mol. The lowest BCUT2D eigenvalue weighted by molar-refractivity contribution is -0.128. The fourth-order valence-corrected chi connectivity index (χ4v) is 6.72. The van der Waals surface area contributed by atoms with Crippen LogP contribution in [0, 0.1) is 17.3 Å². The van der Waals surface area contributed by atoms with Crippen LogP contribution in [-0.2, 0) is 4.79 Å². The van der Waals surface area contributed by atoms with Crippen molar-refractivity contribution in [3.63, 3.8) is 0 Å². The summed E-state index contributed by atoms with van der Waals surface area (Å²) in [4.78, 5) is 12.1. The number of carbonyl (C=O) groups is 1. The molecule has 4 saturated carbocycles. The standard InChI is InChI=1S/C15H24BrNO2/c1-10(18)8-17-13(19)7-14-3-11-2-12(4-14)6-15(16,5-11)9-14/h10-12,18H,2-9H2,1H3,(H,17,19). The van der Waals surface area contributed by atoms with Gasteiger partial charge in [-0.2, -0.15) is 0 Å². The number of carbonyl (C=O) groups excluding carboxylic acids is 1. The van der Waals surface area contributed by atoms with Crippen molar-refractivity contribution in [1.29, 1.82) is 0 Å². The summed E-state index contributed by atoms with van der Waals surface area (Å²) in [5.41, 5.74) is 0.233. The van der Waals surface area contributed by atoms with Crippen LogP contribution in [-0.4, -0.2) is 28.0 Å². The number of amides is 1. The molecule has 108 valence electrons. The second kappa shape index (κ2) is 4.73. The molecule has 4 rings (SSSR count). The molecule has 0 aromatic carbocycles. The van der Waals surface area contributed by atoms with Gasteiger partial charge in [-0.25, -0.2) is 0 Å². The SMILES string of the molecule is CC(O)CNC(=O)CC12CC3CC(CC(Br)(C3)C1)C2. The van der Waals surface area contributed by atoms with Crippen molar-refractivity contribution in [2.24, 2.45) is 17.3 Å². The number of rotatable bonds is 4. The van der Waals surface area contributed by atoms with Gasteiger partial charge in [0.15, 0.2) is 0 Å². The molecular weight excluding hydrogens is 306 g/mol. The summed E-state index contributed by atoms with van der Waals surface area (Å²) < 4.78 is 0.321. The van der Waals surface area contributed by atoms with Crippen molar-refractivity contribution in [1.82, 2.24) is 5.32 Å². The second-order valence-electron chi connectivity index (χ2n) is 7.44. The van der Waals surface area contributed by atoms with Crippen molar-refractivity contribution < 1.29 is 9.90 Å². The van der Waals surface area contributed by atoms with Crippen LogP contribution in [0.15, 0.2) is 0 Å². The molecule has 0 heterocycles. The van der Waals surface area contributed by atoms with Gasteiger partial charge in [-0.15, -0.1) is 0 Å². The predicted molar refractivity (Wildman–Crippen MR) is 78.1 cm³/mol. The van der Waals surface area contributed by atoms with Gasteiger partial charge in [0.1, 0.15) is 0 Å². The number of aliphatic hydroxyl groups is 1. The van der Waals surface area contributed by atoms with Crippen molar-refractivity contribution in [3.8, 4) is 0 Å². The number of hydrogen-bond donors (Lipinski definition) is 2. The molecule has 0 aliphatic heterocycles. The Balaban J connectivity index is 1.65. The first-order valence-electron chi connectivity index (χ1n) is 7.52. The summed E-state index contributed by atoms with van der Waals surface area (Å²) in [6, 6.07) is 0. The summed E-state index contributed by atoms with van der Waals surface area (Å²) >= 11 is 3.97. The average Bonchev–Trinajstić information content (AvgIpc) is 2.21. The van der Waals surface area contributed by atoms with E-state index in [9.17, 15) is 9.90 Å². The topological polar surface area (TPSA) is 49.3 Å². The molecule has 0 aromatic heterocycles. The number of hydrogen-bond acceptors (Lipinski definition) is 2. The van der Waals surface area contributed by atoms with Crippen LogP contribution in [0.3, 0.4) is 0 Å². The van der Waals surface area contributed by atoms with E-state index in [4.69, 9.17) is 0 Å². The van der Waals surface area contributed by atoms with E-state index in [1.54, 1.807) is 6.92 Å². The highest BCUT2D eigenvalue weighted by Gasteiger charge is 2.57. The van der Waals surface area contributed by atoms with Crippen molar-refractivity contribution >= 4 is 21.8 Å². The van der Waals surface area contributed by atoms with Crippen LogP contribution in [0.4, 0.5) is 0 Å². The Morgan fingerprint density at radius 3 is 2.53 bits per heavy atom. The highest BCUT2D eigenvalue weighted by molar-refractivity contribution is 9.10. The van der Waals surface area contributed by atoms with Crippen LogP contribution in [0.25, 0.3) is 0 Å². The highest BCUT2D eigenvalue weighted by atomic mass is 79.9. The molecule has 1 amide bonds. The van der Waals surface area contributed by atoms with Crippen LogP contribution >= 0.6 is 15.9 Å². The highest BCUT2D eigenvalue weighted by Crippen LogP contribution is 2.65. The molecule has 0 radical (unpaired) electrons. The summed E-state index contributed by atoms with van der Waals surface area (Å²) in [6.45, 7) is 2.08. The zero-order chi connectivity index (χ0) is 13.7. The quantitative estimate of drug-likeness (QED) is 0.779. The average molecular weight is 330 g/mol. The van der Waals surface area contributed by atoms with E-state index in [-0.39, 0.29) is 11.3 Å². The summed E-state index contributed by atoms with van der Waals surface area (Å²) in [7, 11) is 0. The van der Waals surface area contributed by atoms with Crippen LogP contribution in [0.5, 0.6) is 0 Å². The number of aliphatic hydroxyl groups excluding tert-OH is 1. The first kappa shape index (κ1) is 13.9. The maximum Gasteiger partial charge on any atom is 0.220 e. The maximum atomic E-state index is 12.1. The number of nitrogens with one attached hydrogen (secondary N) is 1. The molecular formula is C15H24BrNO2. The Hall–Kier alpha value is -0.0900. The number of halogens is 1. The molecule has 4 aliphatic carbocycles. The van der Waals surface area contributed by atoms with Gasteiger partial charge in [0.2, 0.25) is 5.91 Å². The summed E-state index contributed by atoms with van der Waals surface area (Å²) in [5.74, 6) is 1.77. The van der Waals surface area contributed by atoms with Gasteiger partial charge in [-0.05, 0) is 62.7 Å². The fourth-order valence-electron chi connectivity index (χ4n) is 5.21. The lowest BCUT2D eigenvalue weighted by Gasteiger charge is -2.60. The molecule has 0 saturated heterocycles. The van der Waals surface area contributed by atoms with Crippen molar-refractivity contribution in [3.05, 3.63) is 0 Å². The molecule has 4 heteroatoms. The minimum atomic E-state index is -0.456. The molecule has 2 N–H and O–H groups in total. The number of alkyl halides is 1. The van der Waals surface area contributed by atoms with E-state index < -0.39 is 6.10 Å². The zero-order valence-electron chi connectivity index (χ0n) is 11.6. The molecule has 3 atom stereocenters. The first-order chi connectivity index (χ1) is 8.88. The maximum absolute atomic E-state index is 12.1. The van der Waals surface area contributed by atoms with E-state index in [1.165, 1.54) is 32.1 Å². The van der Waals surface area contributed by atoms with Gasteiger partial charge < -0.3 is 10.4 Å². The molecule has 4 fully saturated rings. The van der Waals surface area contributed by atoms with Gasteiger partial charge in [-0.3, -0.25) is 4.79 Å². The minimum Gasteiger partial charge on any atom is -0.392 e. The Bertz CT molecular complexity index is 368. The molecule has 4 bridgehead atoms. The van der Waals surface area contributed by atoms with E-state index in [2.05, 4.69) is 21.2 Å². The van der Waals surface area contributed by atoms with Crippen molar-refractivity contribution in [2.75, 3.05) is 6.54 Å². The van der Waals surface area contributed by atoms with E-state index in [1.807, 2.05) is 0 Å². The molecule has 4 aliphatic rings. The fraction of sp³-hybridized carbons (Fsp3) is 0.933. The lowest BCUT2D eigenvalue weighted by atomic mass is 9.48. The lowest BCUT2D eigenvalue weighted by Crippen LogP contribution is -2.54. The molecule has 0 aromatic rings. The van der Waals surface area contributed by atoms with Crippen LogP contribution in [0.2, 0.25) is 0 Å². The molecule has 0 spiro atoms. The summed E-state index contributed by atoms with van der Waals surface area (Å²) in [5, 5.41) is 12.1. The Labute approximate surface area is 123 Å². The van der Waals surface area contributed by atoms with Crippen molar-refractivity contribution in [2.45, 2.75) is 62.3 Å². The van der Waals surface area contributed by atoms with Crippen LogP contribution < -0.4 is 5.32 Å². The van der Waals surface area contributed by atoms with E-state index in [0.717, 1.165) is 18.3 Å². The first-order valence-corrected chi connectivity index (χ1v) is 8.31. The second-order valence-corrected chi connectivity index (χ2v) is 9.12.